The zero-order chi connectivity index (χ0) is 10.1. The topological polar surface area (TPSA) is 32.3 Å². The lowest BCUT2D eigenvalue weighted by atomic mass is 9.64. The van der Waals surface area contributed by atoms with Gasteiger partial charge in [0.15, 0.2) is 0 Å². The van der Waals surface area contributed by atoms with Crippen LogP contribution in [0.1, 0.15) is 38.5 Å². The third kappa shape index (κ3) is 1.80. The molecule has 2 N–H and O–H groups in total. The molecule has 1 heterocycles. The summed E-state index contributed by atoms with van der Waals surface area (Å²) < 4.78 is 0. The van der Waals surface area contributed by atoms with Crippen molar-refractivity contribution in [1.29, 1.82) is 0 Å². The molecular weight excluding hydrogens is 174 g/mol. The Labute approximate surface area is 86.1 Å². The molecule has 1 saturated carbocycles. The largest absolute Gasteiger partial charge is 0.378 e. The average Bonchev–Trinajstić information content (AvgIpc) is 2.25. The summed E-state index contributed by atoms with van der Waals surface area (Å²) in [5, 5.41) is 13.3. The number of hydrogen-bond donors (Lipinski definition) is 2. The van der Waals surface area contributed by atoms with Crippen molar-refractivity contribution in [2.24, 2.45) is 5.41 Å². The molecule has 0 unspecified atom stereocenters. The Bertz CT molecular complexity index is 238. The lowest BCUT2D eigenvalue weighted by Crippen LogP contribution is -2.43. The van der Waals surface area contributed by atoms with Gasteiger partial charge in [0.1, 0.15) is 5.60 Å². The van der Waals surface area contributed by atoms with Crippen molar-refractivity contribution in [2.75, 3.05) is 13.1 Å². The van der Waals surface area contributed by atoms with E-state index < -0.39 is 5.60 Å². The highest BCUT2D eigenvalue weighted by atomic mass is 16.3. The molecule has 0 bridgehead atoms. The second-order valence-electron chi connectivity index (χ2n) is 4.93. The molecule has 14 heavy (non-hydrogen) atoms. The molecule has 0 amide bonds. The fourth-order valence-electron chi connectivity index (χ4n) is 2.80. The van der Waals surface area contributed by atoms with Crippen LogP contribution in [0.4, 0.5) is 0 Å². The van der Waals surface area contributed by atoms with Gasteiger partial charge in [0.25, 0.3) is 0 Å². The van der Waals surface area contributed by atoms with Gasteiger partial charge in [-0.15, -0.1) is 6.42 Å². The Kier molecular flexibility index (Phi) is 2.55. The van der Waals surface area contributed by atoms with Crippen molar-refractivity contribution >= 4 is 0 Å². The lowest BCUT2D eigenvalue weighted by molar-refractivity contribution is -0.000754. The third-order valence-electron chi connectivity index (χ3n) is 4.07. The van der Waals surface area contributed by atoms with Gasteiger partial charge in [-0.2, -0.15) is 0 Å². The smallest absolute Gasteiger partial charge is 0.125 e. The van der Waals surface area contributed by atoms with Crippen molar-refractivity contribution in [3.8, 4) is 12.3 Å². The molecule has 2 aliphatic rings. The fraction of sp³-hybridized carbons (Fsp3) is 0.833. The molecule has 0 aromatic rings. The summed E-state index contributed by atoms with van der Waals surface area (Å²) in [5.74, 6) is 2.54. The minimum Gasteiger partial charge on any atom is -0.378 e. The first kappa shape index (κ1) is 10.0. The first-order chi connectivity index (χ1) is 6.68. The predicted molar refractivity (Wildman–Crippen MR) is 56.8 cm³/mol. The van der Waals surface area contributed by atoms with Crippen LogP contribution in [0.2, 0.25) is 0 Å². The molecule has 0 atom stereocenters. The highest BCUT2D eigenvalue weighted by molar-refractivity contribution is 5.11. The second kappa shape index (κ2) is 3.56. The van der Waals surface area contributed by atoms with Crippen LogP contribution in [0.5, 0.6) is 0 Å². The second-order valence-corrected chi connectivity index (χ2v) is 4.93. The zero-order valence-corrected chi connectivity index (χ0v) is 8.68. The van der Waals surface area contributed by atoms with Crippen molar-refractivity contribution in [2.45, 2.75) is 44.1 Å². The van der Waals surface area contributed by atoms with Crippen molar-refractivity contribution < 1.29 is 5.11 Å². The van der Waals surface area contributed by atoms with E-state index in [0.29, 0.717) is 5.41 Å². The van der Waals surface area contributed by atoms with E-state index in [9.17, 15) is 5.11 Å². The molecule has 2 rings (SSSR count). The van der Waals surface area contributed by atoms with E-state index >= 15 is 0 Å². The minimum atomic E-state index is -0.796. The van der Waals surface area contributed by atoms with Crippen LogP contribution in [-0.2, 0) is 0 Å². The molecule has 1 saturated heterocycles. The van der Waals surface area contributed by atoms with Crippen molar-refractivity contribution in [3.05, 3.63) is 0 Å². The van der Waals surface area contributed by atoms with Crippen LogP contribution < -0.4 is 5.32 Å². The number of hydrogen-bond acceptors (Lipinski definition) is 2. The Morgan fingerprint density at radius 2 is 1.57 bits per heavy atom. The molecule has 1 aliphatic heterocycles. The molecule has 0 aromatic carbocycles. The Balaban J connectivity index is 1.98. The van der Waals surface area contributed by atoms with E-state index in [1.165, 1.54) is 12.8 Å². The monoisotopic (exact) mass is 193 g/mol. The van der Waals surface area contributed by atoms with Crippen LogP contribution in [-0.4, -0.2) is 23.8 Å². The van der Waals surface area contributed by atoms with Gasteiger partial charge in [0.2, 0.25) is 0 Å². The summed E-state index contributed by atoms with van der Waals surface area (Å²) >= 11 is 0. The number of nitrogens with one attached hydrogen (secondary N) is 1. The predicted octanol–water partition coefficient (Wildman–Crippen LogP) is 1.29. The van der Waals surface area contributed by atoms with Crippen molar-refractivity contribution in [1.82, 2.24) is 5.32 Å². The third-order valence-corrected chi connectivity index (χ3v) is 4.07. The first-order valence-electron chi connectivity index (χ1n) is 5.59. The van der Waals surface area contributed by atoms with Crippen LogP contribution in [0.15, 0.2) is 0 Å². The van der Waals surface area contributed by atoms with E-state index in [-0.39, 0.29) is 0 Å². The van der Waals surface area contributed by atoms with Gasteiger partial charge < -0.3 is 10.4 Å². The number of terminal acetylenes is 1. The van der Waals surface area contributed by atoms with E-state index in [4.69, 9.17) is 6.42 Å². The highest BCUT2D eigenvalue weighted by Crippen LogP contribution is 2.46. The van der Waals surface area contributed by atoms with Gasteiger partial charge in [0, 0.05) is 0 Å². The summed E-state index contributed by atoms with van der Waals surface area (Å²) in [4.78, 5) is 0. The van der Waals surface area contributed by atoms with E-state index in [2.05, 4.69) is 11.2 Å². The van der Waals surface area contributed by atoms with Gasteiger partial charge in [-0.05, 0) is 57.0 Å². The maximum atomic E-state index is 9.94. The standard InChI is InChI=1S/C12H19NO/c1-2-12(14)5-3-11(4-6-12)7-9-13-10-8-11/h1,13-14H,3-10H2. The van der Waals surface area contributed by atoms with Crippen LogP contribution in [0.3, 0.4) is 0 Å². The van der Waals surface area contributed by atoms with E-state index in [1.807, 2.05) is 0 Å². The first-order valence-corrected chi connectivity index (χ1v) is 5.59. The molecule has 1 spiro atoms. The Hall–Kier alpha value is -0.520. The molecule has 1 aliphatic carbocycles. The van der Waals surface area contributed by atoms with Gasteiger partial charge in [-0.3, -0.25) is 0 Å². The fourth-order valence-corrected chi connectivity index (χ4v) is 2.80. The van der Waals surface area contributed by atoms with Crippen LogP contribution in [0, 0.1) is 17.8 Å². The number of piperidine rings is 1. The molecule has 2 heteroatoms. The normalized spacial score (nSPS) is 29.7. The molecule has 2 fully saturated rings. The summed E-state index contributed by atoms with van der Waals surface area (Å²) in [7, 11) is 0. The zero-order valence-electron chi connectivity index (χ0n) is 8.68. The average molecular weight is 193 g/mol. The number of aliphatic hydroxyl groups is 1. The lowest BCUT2D eigenvalue weighted by Gasteiger charge is -2.44. The maximum absolute atomic E-state index is 9.94. The summed E-state index contributed by atoms with van der Waals surface area (Å²) in [6, 6.07) is 0. The minimum absolute atomic E-state index is 0.494. The number of rotatable bonds is 0. The van der Waals surface area contributed by atoms with Crippen LogP contribution >= 0.6 is 0 Å². The molecule has 0 aromatic heterocycles. The highest BCUT2D eigenvalue weighted by Gasteiger charge is 2.41. The van der Waals surface area contributed by atoms with E-state index in [1.54, 1.807) is 0 Å². The Morgan fingerprint density at radius 3 is 2.07 bits per heavy atom. The van der Waals surface area contributed by atoms with Crippen molar-refractivity contribution in [3.63, 3.8) is 0 Å². The summed E-state index contributed by atoms with van der Waals surface area (Å²) in [5.41, 5.74) is -0.301. The SMILES string of the molecule is C#CC1(O)CCC2(CCNCC2)CC1. The molecular formula is C12H19NO. The Morgan fingerprint density at radius 1 is 1.00 bits per heavy atom. The molecule has 2 nitrogen and oxygen atoms in total. The maximum Gasteiger partial charge on any atom is 0.125 e. The van der Waals surface area contributed by atoms with Gasteiger partial charge in [-0.25, -0.2) is 0 Å². The molecule has 78 valence electrons. The summed E-state index contributed by atoms with van der Waals surface area (Å²) in [6.45, 7) is 2.27. The van der Waals surface area contributed by atoms with Gasteiger partial charge >= 0.3 is 0 Å². The van der Waals surface area contributed by atoms with Gasteiger partial charge in [0.05, 0.1) is 0 Å². The van der Waals surface area contributed by atoms with Gasteiger partial charge in [-0.1, -0.05) is 5.92 Å². The molecule has 0 radical (unpaired) electrons. The quantitative estimate of drug-likeness (QED) is 0.568. The summed E-state index contributed by atoms with van der Waals surface area (Å²) in [6.07, 6.45) is 11.7. The van der Waals surface area contributed by atoms with Crippen LogP contribution in [0.25, 0.3) is 0 Å². The van der Waals surface area contributed by atoms with E-state index in [0.717, 1.165) is 38.8 Å².